The number of rotatable bonds is 16. The van der Waals surface area contributed by atoms with Crippen molar-refractivity contribution in [1.82, 2.24) is 16.0 Å². The zero-order valence-corrected chi connectivity index (χ0v) is 18.4. The van der Waals surface area contributed by atoms with Crippen LogP contribution in [-0.4, -0.2) is 82.3 Å². The summed E-state index contributed by atoms with van der Waals surface area (Å²) in [5.41, 5.74) is 10.9. The molecule has 0 aromatic rings. The van der Waals surface area contributed by atoms with E-state index in [0.29, 0.717) is 25.8 Å². The van der Waals surface area contributed by atoms with Crippen molar-refractivity contribution in [2.45, 2.75) is 70.1 Å². The minimum absolute atomic E-state index is 0.145. The molecule has 0 aliphatic carbocycles. The number of unbranched alkanes of at least 4 members (excludes halogenated alkanes) is 1. The van der Waals surface area contributed by atoms with E-state index in [1.54, 1.807) is 13.8 Å². The minimum atomic E-state index is -1.49. The normalized spacial score (nSPS) is 15.5. The highest BCUT2D eigenvalue weighted by Crippen LogP contribution is 2.10. The molecule has 10 N–H and O–H groups in total. The Morgan fingerprint density at radius 1 is 0.906 bits per heavy atom. The summed E-state index contributed by atoms with van der Waals surface area (Å²) in [5, 5.41) is 34.5. The standard InChI is InChI=1S/C19H35N5O8/c1-3-10(2)15(19(31)32)24-17(29)12(6-4-5-7-20)22-18(30)13(9-25)23-16(28)11(21)8-14(26)27/h10-13,15,25H,3-9,20-21H2,1-2H3,(H,22,30)(H,23,28)(H,24,29)(H,26,27)(H,31,32). The maximum atomic E-state index is 12.7. The molecule has 0 rings (SSSR count). The monoisotopic (exact) mass is 461 g/mol. The molecule has 184 valence electrons. The molecule has 32 heavy (non-hydrogen) atoms. The Bertz CT molecular complexity index is 660. The number of aliphatic hydroxyl groups excluding tert-OH is 1. The number of hydrogen-bond donors (Lipinski definition) is 8. The van der Waals surface area contributed by atoms with Crippen LogP contribution in [-0.2, 0) is 24.0 Å². The highest BCUT2D eigenvalue weighted by atomic mass is 16.4. The molecule has 0 aliphatic rings. The van der Waals surface area contributed by atoms with Crippen molar-refractivity contribution in [2.24, 2.45) is 17.4 Å². The van der Waals surface area contributed by atoms with E-state index in [9.17, 15) is 34.2 Å². The van der Waals surface area contributed by atoms with Crippen molar-refractivity contribution < 1.29 is 39.3 Å². The Labute approximate surface area is 186 Å². The molecular formula is C19H35N5O8. The van der Waals surface area contributed by atoms with Crippen molar-refractivity contribution in [2.75, 3.05) is 13.2 Å². The summed E-state index contributed by atoms with van der Waals surface area (Å²) in [7, 11) is 0. The number of nitrogens with one attached hydrogen (secondary N) is 3. The third-order valence-electron chi connectivity index (χ3n) is 4.90. The Morgan fingerprint density at radius 2 is 1.47 bits per heavy atom. The van der Waals surface area contributed by atoms with Crippen LogP contribution in [0.5, 0.6) is 0 Å². The van der Waals surface area contributed by atoms with E-state index in [0.717, 1.165) is 0 Å². The number of nitrogens with two attached hydrogens (primary N) is 2. The second-order valence-corrected chi connectivity index (χ2v) is 7.50. The van der Waals surface area contributed by atoms with Gasteiger partial charge >= 0.3 is 11.9 Å². The Hall–Kier alpha value is -2.77. The molecule has 3 amide bonds. The Balaban J connectivity index is 5.33. The van der Waals surface area contributed by atoms with Crippen LogP contribution in [0.2, 0.25) is 0 Å². The minimum Gasteiger partial charge on any atom is -0.481 e. The first-order valence-electron chi connectivity index (χ1n) is 10.4. The first-order chi connectivity index (χ1) is 15.0. The summed E-state index contributed by atoms with van der Waals surface area (Å²) < 4.78 is 0. The van der Waals surface area contributed by atoms with Crippen molar-refractivity contribution in [1.29, 1.82) is 0 Å². The molecule has 0 heterocycles. The van der Waals surface area contributed by atoms with Crippen LogP contribution in [0.1, 0.15) is 46.0 Å². The van der Waals surface area contributed by atoms with Gasteiger partial charge < -0.3 is 42.7 Å². The Morgan fingerprint density at radius 3 is 1.94 bits per heavy atom. The van der Waals surface area contributed by atoms with Gasteiger partial charge in [0.15, 0.2) is 0 Å². The molecule has 13 nitrogen and oxygen atoms in total. The van der Waals surface area contributed by atoms with E-state index >= 15 is 0 Å². The Kier molecular flexibility index (Phi) is 13.8. The van der Waals surface area contributed by atoms with Gasteiger partial charge in [0.1, 0.15) is 18.1 Å². The van der Waals surface area contributed by atoms with Crippen LogP contribution in [0.4, 0.5) is 0 Å². The second kappa shape index (κ2) is 15.1. The molecule has 5 unspecified atom stereocenters. The summed E-state index contributed by atoms with van der Waals surface area (Å²) in [6.45, 7) is 2.96. The number of carbonyl (C=O) groups excluding carboxylic acids is 3. The summed E-state index contributed by atoms with van der Waals surface area (Å²) in [4.78, 5) is 59.4. The van der Waals surface area contributed by atoms with Gasteiger partial charge in [-0.3, -0.25) is 19.2 Å². The predicted molar refractivity (Wildman–Crippen MR) is 113 cm³/mol. The summed E-state index contributed by atoms with van der Waals surface area (Å²) in [6.07, 6.45) is 0.970. The topological polar surface area (TPSA) is 234 Å². The molecule has 0 aromatic heterocycles. The lowest BCUT2D eigenvalue weighted by atomic mass is 9.98. The van der Waals surface area contributed by atoms with E-state index in [1.165, 1.54) is 0 Å². The highest BCUT2D eigenvalue weighted by molar-refractivity contribution is 5.94. The SMILES string of the molecule is CCC(C)C(NC(=O)C(CCCCN)NC(=O)C(CO)NC(=O)C(N)CC(=O)O)C(=O)O. The van der Waals surface area contributed by atoms with Gasteiger partial charge in [0, 0.05) is 0 Å². The number of amides is 3. The maximum Gasteiger partial charge on any atom is 0.326 e. The van der Waals surface area contributed by atoms with Gasteiger partial charge in [0.05, 0.1) is 19.1 Å². The van der Waals surface area contributed by atoms with E-state index < -0.39 is 66.9 Å². The fraction of sp³-hybridized carbons (Fsp3) is 0.737. The number of hydrogen-bond acceptors (Lipinski definition) is 8. The lowest BCUT2D eigenvalue weighted by molar-refractivity contribution is -0.144. The van der Waals surface area contributed by atoms with Crippen LogP contribution < -0.4 is 27.4 Å². The number of aliphatic hydroxyl groups is 1. The number of aliphatic carboxylic acids is 2. The number of carbonyl (C=O) groups is 5. The first kappa shape index (κ1) is 29.2. The van der Waals surface area contributed by atoms with Crippen molar-refractivity contribution in [3.05, 3.63) is 0 Å². The largest absolute Gasteiger partial charge is 0.481 e. The molecule has 0 spiro atoms. The predicted octanol–water partition coefficient (Wildman–Crippen LogP) is -2.51. The summed E-state index contributed by atoms with van der Waals surface area (Å²) in [5.74, 6) is -5.50. The van der Waals surface area contributed by atoms with Crippen LogP contribution in [0.25, 0.3) is 0 Å². The smallest absolute Gasteiger partial charge is 0.326 e. The van der Waals surface area contributed by atoms with Gasteiger partial charge in [-0.25, -0.2) is 4.79 Å². The molecule has 0 radical (unpaired) electrons. The van der Waals surface area contributed by atoms with Crippen LogP contribution >= 0.6 is 0 Å². The number of carboxylic acids is 2. The van der Waals surface area contributed by atoms with Crippen molar-refractivity contribution in [3.8, 4) is 0 Å². The fourth-order valence-corrected chi connectivity index (χ4v) is 2.72. The van der Waals surface area contributed by atoms with Gasteiger partial charge in [-0.1, -0.05) is 20.3 Å². The zero-order valence-electron chi connectivity index (χ0n) is 18.4. The van der Waals surface area contributed by atoms with Gasteiger partial charge in [-0.15, -0.1) is 0 Å². The molecule has 0 saturated heterocycles. The van der Waals surface area contributed by atoms with Crippen LogP contribution in [0.15, 0.2) is 0 Å². The average molecular weight is 462 g/mol. The molecule has 0 bridgehead atoms. The highest BCUT2D eigenvalue weighted by Gasteiger charge is 2.31. The lowest BCUT2D eigenvalue weighted by Gasteiger charge is -2.26. The van der Waals surface area contributed by atoms with Crippen LogP contribution in [0.3, 0.4) is 0 Å². The quantitative estimate of drug-likeness (QED) is 0.112. The first-order valence-corrected chi connectivity index (χ1v) is 10.4. The molecule has 0 aliphatic heterocycles. The van der Waals surface area contributed by atoms with E-state index in [4.69, 9.17) is 16.6 Å². The summed E-state index contributed by atoms with van der Waals surface area (Å²) in [6, 6.07) is -5.23. The number of carboxylic acid groups (broad SMARTS) is 2. The van der Waals surface area contributed by atoms with Crippen molar-refractivity contribution >= 4 is 29.7 Å². The average Bonchev–Trinajstić information content (AvgIpc) is 2.73. The lowest BCUT2D eigenvalue weighted by Crippen LogP contribution is -2.58. The van der Waals surface area contributed by atoms with Crippen molar-refractivity contribution in [3.63, 3.8) is 0 Å². The molecule has 13 heteroatoms. The van der Waals surface area contributed by atoms with E-state index in [-0.39, 0.29) is 12.3 Å². The van der Waals surface area contributed by atoms with Crippen LogP contribution in [0, 0.1) is 5.92 Å². The summed E-state index contributed by atoms with van der Waals surface area (Å²) >= 11 is 0. The third-order valence-corrected chi connectivity index (χ3v) is 4.90. The molecular weight excluding hydrogens is 426 g/mol. The third kappa shape index (κ3) is 10.5. The van der Waals surface area contributed by atoms with E-state index in [2.05, 4.69) is 16.0 Å². The van der Waals surface area contributed by atoms with Gasteiger partial charge in [-0.05, 0) is 31.7 Å². The second-order valence-electron chi connectivity index (χ2n) is 7.50. The van der Waals surface area contributed by atoms with Gasteiger partial charge in [-0.2, -0.15) is 0 Å². The zero-order chi connectivity index (χ0) is 24.8. The molecule has 0 fully saturated rings. The fourth-order valence-electron chi connectivity index (χ4n) is 2.72. The molecule has 5 atom stereocenters. The maximum absolute atomic E-state index is 12.7. The van der Waals surface area contributed by atoms with E-state index in [1.807, 2.05) is 0 Å². The van der Waals surface area contributed by atoms with Gasteiger partial charge in [0.25, 0.3) is 0 Å². The van der Waals surface area contributed by atoms with Gasteiger partial charge in [0.2, 0.25) is 17.7 Å². The molecule has 0 aromatic carbocycles. The molecule has 0 saturated carbocycles.